The molecule has 1 aromatic rings. The number of carbonyl (C=O) groups excluding carboxylic acids is 1. The molecule has 4 nitrogen and oxygen atoms in total. The Balaban J connectivity index is 2.70. The molecule has 0 aromatic heterocycles. The van der Waals surface area contributed by atoms with E-state index >= 15 is 0 Å². The first-order valence-electron chi connectivity index (χ1n) is 4.98. The van der Waals surface area contributed by atoms with Crippen molar-refractivity contribution in [3.8, 4) is 0 Å². The topological polar surface area (TPSA) is 54.5 Å². The quantitative estimate of drug-likeness (QED) is 0.846. The Morgan fingerprint density at radius 2 is 2.06 bits per heavy atom. The number of halogens is 1. The molecule has 0 unspecified atom stereocenters. The van der Waals surface area contributed by atoms with Gasteiger partial charge in [-0.05, 0) is 18.2 Å². The van der Waals surface area contributed by atoms with Gasteiger partial charge >= 0.3 is 0 Å². The molecule has 1 rings (SSSR count). The van der Waals surface area contributed by atoms with Crippen molar-refractivity contribution < 1.29 is 13.2 Å². The summed E-state index contributed by atoms with van der Waals surface area (Å²) in [5, 5.41) is 0. The number of rotatable bonds is 4. The van der Waals surface area contributed by atoms with Gasteiger partial charge in [0.1, 0.15) is 9.84 Å². The van der Waals surface area contributed by atoms with Gasteiger partial charge in [0.15, 0.2) is 0 Å². The largest absolute Gasteiger partial charge is 0.341 e. The van der Waals surface area contributed by atoms with E-state index in [2.05, 4.69) is 15.9 Å². The Morgan fingerprint density at radius 1 is 1.41 bits per heavy atom. The van der Waals surface area contributed by atoms with Crippen molar-refractivity contribution in [1.82, 2.24) is 4.90 Å². The highest BCUT2D eigenvalue weighted by Crippen LogP contribution is 2.13. The predicted molar refractivity (Wildman–Crippen MR) is 70.8 cm³/mol. The number of nitrogens with zero attached hydrogens (tertiary/aromatic N) is 1. The van der Waals surface area contributed by atoms with Gasteiger partial charge < -0.3 is 4.90 Å². The van der Waals surface area contributed by atoms with Crippen LogP contribution >= 0.6 is 15.9 Å². The molecule has 0 bridgehead atoms. The average molecular weight is 320 g/mol. The summed E-state index contributed by atoms with van der Waals surface area (Å²) in [6.45, 7) is 0.199. The van der Waals surface area contributed by atoms with Crippen molar-refractivity contribution in [3.63, 3.8) is 0 Å². The Kier molecular flexibility index (Phi) is 4.70. The molecular formula is C11H14BrNO3S. The third-order valence-corrected chi connectivity index (χ3v) is 3.63. The molecule has 6 heteroatoms. The van der Waals surface area contributed by atoms with Crippen LogP contribution in [0.15, 0.2) is 28.7 Å². The van der Waals surface area contributed by atoms with Crippen molar-refractivity contribution in [1.29, 1.82) is 0 Å². The first-order chi connectivity index (χ1) is 7.79. The Bertz CT molecular complexity index is 513. The second-order valence-electron chi connectivity index (χ2n) is 3.87. The van der Waals surface area contributed by atoms with Gasteiger partial charge in [0.2, 0.25) is 0 Å². The molecule has 0 fully saturated rings. The maximum absolute atomic E-state index is 11.9. The molecule has 0 spiro atoms. The van der Waals surface area contributed by atoms with Crippen LogP contribution in [0.1, 0.15) is 10.4 Å². The van der Waals surface area contributed by atoms with E-state index < -0.39 is 9.84 Å². The number of hydrogen-bond donors (Lipinski definition) is 0. The molecule has 1 amide bonds. The van der Waals surface area contributed by atoms with E-state index in [9.17, 15) is 13.2 Å². The standard InChI is InChI=1S/C11H14BrNO3S/c1-13(6-7-17(2,15)16)11(14)9-4-3-5-10(12)8-9/h3-5,8H,6-7H2,1-2H3. The first kappa shape index (κ1) is 14.2. The summed E-state index contributed by atoms with van der Waals surface area (Å²) in [5.41, 5.74) is 0.537. The van der Waals surface area contributed by atoms with Crippen molar-refractivity contribution in [3.05, 3.63) is 34.3 Å². The van der Waals surface area contributed by atoms with Crippen LogP contribution in [0, 0.1) is 0 Å². The summed E-state index contributed by atoms with van der Waals surface area (Å²) >= 11 is 3.28. The molecule has 0 radical (unpaired) electrons. The SMILES string of the molecule is CN(CCS(C)(=O)=O)C(=O)c1cccc(Br)c1. The number of amides is 1. The summed E-state index contributed by atoms with van der Waals surface area (Å²) in [7, 11) is -1.45. The van der Waals surface area contributed by atoms with Gasteiger partial charge in [0.05, 0.1) is 5.75 Å². The number of carbonyl (C=O) groups is 1. The van der Waals surface area contributed by atoms with Crippen LogP contribution in [-0.4, -0.2) is 44.8 Å². The minimum atomic E-state index is -3.05. The fourth-order valence-corrected chi connectivity index (χ4v) is 2.25. The van der Waals surface area contributed by atoms with Crippen molar-refractivity contribution in [2.75, 3.05) is 25.6 Å². The maximum atomic E-state index is 11.9. The van der Waals surface area contributed by atoms with E-state index in [0.29, 0.717) is 5.56 Å². The molecule has 0 atom stereocenters. The Hall–Kier alpha value is -0.880. The third kappa shape index (κ3) is 4.87. The average Bonchev–Trinajstić information content (AvgIpc) is 2.24. The summed E-state index contributed by atoms with van der Waals surface area (Å²) in [4.78, 5) is 13.3. The smallest absolute Gasteiger partial charge is 0.253 e. The second-order valence-corrected chi connectivity index (χ2v) is 7.04. The fraction of sp³-hybridized carbons (Fsp3) is 0.364. The highest BCUT2D eigenvalue weighted by atomic mass is 79.9. The lowest BCUT2D eigenvalue weighted by Crippen LogP contribution is -2.31. The molecule has 17 heavy (non-hydrogen) atoms. The molecule has 0 aliphatic carbocycles. The zero-order chi connectivity index (χ0) is 13.1. The van der Waals surface area contributed by atoms with Gasteiger partial charge in [-0.15, -0.1) is 0 Å². The minimum absolute atomic E-state index is 0.0246. The van der Waals surface area contributed by atoms with Crippen LogP contribution in [0.4, 0.5) is 0 Å². The molecule has 0 saturated carbocycles. The fourth-order valence-electron chi connectivity index (χ4n) is 1.25. The molecule has 0 aliphatic rings. The number of benzene rings is 1. The van der Waals surface area contributed by atoms with Crippen molar-refractivity contribution >= 4 is 31.7 Å². The molecule has 0 heterocycles. The molecular weight excluding hydrogens is 306 g/mol. The molecule has 94 valence electrons. The molecule has 0 N–H and O–H groups in total. The second kappa shape index (κ2) is 5.64. The van der Waals surface area contributed by atoms with Gasteiger partial charge in [-0.1, -0.05) is 22.0 Å². The lowest BCUT2D eigenvalue weighted by atomic mass is 10.2. The van der Waals surface area contributed by atoms with E-state index in [-0.39, 0.29) is 18.2 Å². The molecule has 0 saturated heterocycles. The highest BCUT2D eigenvalue weighted by molar-refractivity contribution is 9.10. The summed E-state index contributed by atoms with van der Waals surface area (Å²) in [6.07, 6.45) is 1.16. The summed E-state index contributed by atoms with van der Waals surface area (Å²) < 4.78 is 22.8. The van der Waals surface area contributed by atoms with Gasteiger partial charge in [0, 0.05) is 29.9 Å². The van der Waals surface area contributed by atoms with Crippen LogP contribution in [0.5, 0.6) is 0 Å². The number of sulfone groups is 1. The monoisotopic (exact) mass is 319 g/mol. The van der Waals surface area contributed by atoms with Gasteiger partial charge in [-0.25, -0.2) is 8.42 Å². The van der Waals surface area contributed by atoms with Crippen molar-refractivity contribution in [2.45, 2.75) is 0 Å². The van der Waals surface area contributed by atoms with Crippen LogP contribution in [0.2, 0.25) is 0 Å². The maximum Gasteiger partial charge on any atom is 0.253 e. The zero-order valence-corrected chi connectivity index (χ0v) is 12.1. The van der Waals surface area contributed by atoms with E-state index in [1.54, 1.807) is 25.2 Å². The van der Waals surface area contributed by atoms with Crippen LogP contribution in [0.25, 0.3) is 0 Å². The van der Waals surface area contributed by atoms with Gasteiger partial charge in [-0.2, -0.15) is 0 Å². The third-order valence-electron chi connectivity index (χ3n) is 2.22. The highest BCUT2D eigenvalue weighted by Gasteiger charge is 2.13. The lowest BCUT2D eigenvalue weighted by Gasteiger charge is -2.16. The minimum Gasteiger partial charge on any atom is -0.341 e. The van der Waals surface area contributed by atoms with E-state index in [1.807, 2.05) is 6.07 Å². The Morgan fingerprint density at radius 3 is 2.59 bits per heavy atom. The molecule has 1 aromatic carbocycles. The summed E-state index contributed by atoms with van der Waals surface area (Å²) in [6, 6.07) is 7.00. The van der Waals surface area contributed by atoms with Crippen LogP contribution in [0.3, 0.4) is 0 Å². The predicted octanol–water partition coefficient (Wildman–Crippen LogP) is 1.57. The zero-order valence-electron chi connectivity index (χ0n) is 9.68. The first-order valence-corrected chi connectivity index (χ1v) is 7.84. The van der Waals surface area contributed by atoms with E-state index in [1.165, 1.54) is 4.90 Å². The summed E-state index contributed by atoms with van der Waals surface area (Å²) in [5.74, 6) is -0.210. The van der Waals surface area contributed by atoms with Crippen LogP contribution in [-0.2, 0) is 9.84 Å². The normalized spacial score (nSPS) is 11.2. The number of hydrogen-bond acceptors (Lipinski definition) is 3. The van der Waals surface area contributed by atoms with Crippen LogP contribution < -0.4 is 0 Å². The molecule has 0 aliphatic heterocycles. The Labute approximate surface area is 110 Å². The van der Waals surface area contributed by atoms with Gasteiger partial charge in [-0.3, -0.25) is 4.79 Å². The van der Waals surface area contributed by atoms with Crippen molar-refractivity contribution in [2.24, 2.45) is 0 Å². The van der Waals surface area contributed by atoms with Gasteiger partial charge in [0.25, 0.3) is 5.91 Å². The lowest BCUT2D eigenvalue weighted by molar-refractivity contribution is 0.0803. The van der Waals surface area contributed by atoms with E-state index in [4.69, 9.17) is 0 Å². The van der Waals surface area contributed by atoms with E-state index in [0.717, 1.165) is 10.7 Å².